The van der Waals surface area contributed by atoms with Crippen molar-refractivity contribution in [1.29, 1.82) is 0 Å². The van der Waals surface area contributed by atoms with Crippen LogP contribution in [0.1, 0.15) is 43.2 Å². The van der Waals surface area contributed by atoms with Gasteiger partial charge in [0.05, 0.1) is 13.4 Å². The summed E-state index contributed by atoms with van der Waals surface area (Å²) in [5, 5.41) is 0. The fourth-order valence-corrected chi connectivity index (χ4v) is 6.62. The molecule has 4 rings (SSSR count). The highest BCUT2D eigenvalue weighted by Gasteiger charge is 2.55. The fraction of sp³-hybridized carbons (Fsp3) is 0.667. The first-order valence-electron chi connectivity index (χ1n) is 8.60. The Bertz CT molecular complexity index is 730. The van der Waals surface area contributed by atoms with E-state index < -0.39 is 10.0 Å². The Morgan fingerprint density at radius 3 is 2.83 bits per heavy atom. The smallest absolute Gasteiger partial charge is 0.211 e. The third kappa shape index (κ3) is 2.23. The zero-order valence-corrected chi connectivity index (χ0v) is 14.7. The van der Waals surface area contributed by atoms with Crippen LogP contribution in [0.5, 0.6) is 5.75 Å². The minimum atomic E-state index is -3.14. The van der Waals surface area contributed by atoms with Crippen molar-refractivity contribution >= 4 is 10.0 Å². The molecule has 0 radical (unpaired) electrons. The molecular weight excluding hydrogens is 310 g/mol. The summed E-state index contributed by atoms with van der Waals surface area (Å²) >= 11 is 0. The predicted octanol–water partition coefficient (Wildman–Crippen LogP) is 2.71. The van der Waals surface area contributed by atoms with Gasteiger partial charge >= 0.3 is 0 Å². The Hall–Kier alpha value is -1.07. The van der Waals surface area contributed by atoms with Gasteiger partial charge in [0.25, 0.3) is 0 Å². The van der Waals surface area contributed by atoms with Gasteiger partial charge in [-0.15, -0.1) is 0 Å². The van der Waals surface area contributed by atoms with Crippen molar-refractivity contribution < 1.29 is 13.2 Å². The van der Waals surface area contributed by atoms with E-state index in [2.05, 4.69) is 12.1 Å². The number of fused-ring (bicyclic) bond motifs is 1. The number of piperidine rings is 1. The molecule has 2 bridgehead atoms. The molecule has 2 aliphatic carbocycles. The average molecular weight is 335 g/mol. The van der Waals surface area contributed by atoms with Crippen LogP contribution in [0.25, 0.3) is 0 Å². The van der Waals surface area contributed by atoms with Crippen LogP contribution in [-0.2, 0) is 21.9 Å². The summed E-state index contributed by atoms with van der Waals surface area (Å²) in [5.74, 6) is 1.38. The molecule has 1 aromatic rings. The van der Waals surface area contributed by atoms with Crippen LogP contribution in [0.2, 0.25) is 0 Å². The van der Waals surface area contributed by atoms with Crippen LogP contribution in [-0.4, -0.2) is 38.7 Å². The van der Waals surface area contributed by atoms with E-state index in [4.69, 9.17) is 4.74 Å². The number of nitrogens with zero attached hydrogens (tertiary/aromatic N) is 1. The predicted molar refractivity (Wildman–Crippen MR) is 90.3 cm³/mol. The van der Waals surface area contributed by atoms with Crippen molar-refractivity contribution in [1.82, 2.24) is 4.31 Å². The number of ether oxygens (including phenoxy) is 1. The lowest BCUT2D eigenvalue weighted by Gasteiger charge is -2.58. The summed E-state index contributed by atoms with van der Waals surface area (Å²) < 4.78 is 31.8. The van der Waals surface area contributed by atoms with Crippen molar-refractivity contribution in [3.63, 3.8) is 0 Å². The molecule has 0 spiro atoms. The number of hydrogen-bond acceptors (Lipinski definition) is 3. The summed E-state index contributed by atoms with van der Waals surface area (Å²) in [4.78, 5) is 0. The van der Waals surface area contributed by atoms with E-state index in [1.54, 1.807) is 11.4 Å². The lowest BCUT2D eigenvalue weighted by atomic mass is 9.53. The first kappa shape index (κ1) is 15.5. The van der Waals surface area contributed by atoms with E-state index in [9.17, 15) is 8.42 Å². The zero-order chi connectivity index (χ0) is 16.2. The summed E-state index contributed by atoms with van der Waals surface area (Å²) in [6, 6.07) is 6.53. The van der Waals surface area contributed by atoms with Crippen LogP contribution >= 0.6 is 0 Å². The van der Waals surface area contributed by atoms with E-state index in [0.29, 0.717) is 12.5 Å². The third-order valence-corrected chi connectivity index (χ3v) is 7.72. The third-order valence-electron chi connectivity index (χ3n) is 6.42. The molecule has 23 heavy (non-hydrogen) atoms. The number of hydrogen-bond donors (Lipinski definition) is 0. The molecule has 3 aliphatic rings. The molecule has 1 aromatic carbocycles. The Morgan fingerprint density at radius 2 is 2.09 bits per heavy atom. The molecule has 1 saturated carbocycles. The molecule has 4 nitrogen and oxygen atoms in total. The molecule has 1 aliphatic heterocycles. The second-order valence-electron chi connectivity index (χ2n) is 7.43. The number of methoxy groups -OCH3 is 1. The molecule has 0 N–H and O–H groups in total. The van der Waals surface area contributed by atoms with Gasteiger partial charge < -0.3 is 4.74 Å². The maximum atomic E-state index is 12.3. The van der Waals surface area contributed by atoms with E-state index >= 15 is 0 Å². The van der Waals surface area contributed by atoms with Crippen LogP contribution in [0.4, 0.5) is 0 Å². The fourth-order valence-electron chi connectivity index (χ4n) is 5.49. The van der Waals surface area contributed by atoms with Crippen molar-refractivity contribution in [2.75, 3.05) is 19.9 Å². The minimum Gasteiger partial charge on any atom is -0.497 e. The van der Waals surface area contributed by atoms with Gasteiger partial charge in [0.15, 0.2) is 0 Å². The Balaban J connectivity index is 1.87. The maximum absolute atomic E-state index is 12.3. The Kier molecular flexibility index (Phi) is 3.50. The number of sulfonamides is 1. The summed E-state index contributed by atoms with van der Waals surface area (Å²) in [6.07, 6.45) is 7.96. The van der Waals surface area contributed by atoms with E-state index in [1.807, 2.05) is 6.07 Å². The molecule has 5 heteroatoms. The standard InChI is InChI=1S/C18H25NO3S/c1-22-14-7-6-13-11-17-15-5-3-4-8-18(15,16(13)12-14)9-10-19(17)23(2,20)21/h6-7,12,15,17H,3-5,8-11H2,1-2H3/t15-,17+,18+/m0/s1. The molecule has 1 heterocycles. The highest BCUT2D eigenvalue weighted by Crippen LogP contribution is 2.56. The van der Waals surface area contributed by atoms with Gasteiger partial charge in [-0.2, -0.15) is 4.31 Å². The molecule has 3 atom stereocenters. The summed E-state index contributed by atoms with van der Waals surface area (Å²) in [5.41, 5.74) is 2.92. The molecule has 126 valence electrons. The van der Waals surface area contributed by atoms with E-state index in [1.165, 1.54) is 36.6 Å². The average Bonchev–Trinajstić information content (AvgIpc) is 2.53. The van der Waals surface area contributed by atoms with Crippen molar-refractivity contribution in [3.8, 4) is 5.75 Å². The van der Waals surface area contributed by atoms with Gasteiger partial charge in [-0.05, 0) is 54.9 Å². The lowest BCUT2D eigenvalue weighted by molar-refractivity contribution is 0.0317. The quantitative estimate of drug-likeness (QED) is 0.835. The lowest BCUT2D eigenvalue weighted by Crippen LogP contribution is -2.61. The van der Waals surface area contributed by atoms with Crippen molar-refractivity contribution in [2.45, 2.75) is 50.0 Å². The van der Waals surface area contributed by atoms with Gasteiger partial charge in [0, 0.05) is 18.0 Å². The zero-order valence-electron chi connectivity index (χ0n) is 13.9. The Labute approximate surface area is 138 Å². The first-order valence-corrected chi connectivity index (χ1v) is 10.4. The summed E-state index contributed by atoms with van der Waals surface area (Å²) in [7, 11) is -1.42. The van der Waals surface area contributed by atoms with E-state index in [-0.39, 0.29) is 11.5 Å². The summed E-state index contributed by atoms with van der Waals surface area (Å²) in [6.45, 7) is 0.663. The van der Waals surface area contributed by atoms with Crippen LogP contribution in [0.3, 0.4) is 0 Å². The minimum absolute atomic E-state index is 0.139. The Morgan fingerprint density at radius 1 is 1.26 bits per heavy atom. The second kappa shape index (κ2) is 5.21. The highest BCUT2D eigenvalue weighted by atomic mass is 32.2. The van der Waals surface area contributed by atoms with Crippen LogP contribution < -0.4 is 4.74 Å². The first-order chi connectivity index (χ1) is 11.0. The topological polar surface area (TPSA) is 46.6 Å². The highest BCUT2D eigenvalue weighted by molar-refractivity contribution is 7.88. The number of benzene rings is 1. The van der Waals surface area contributed by atoms with Gasteiger partial charge in [0.1, 0.15) is 5.75 Å². The largest absolute Gasteiger partial charge is 0.497 e. The molecule has 1 saturated heterocycles. The van der Waals surface area contributed by atoms with Crippen molar-refractivity contribution in [3.05, 3.63) is 29.3 Å². The van der Waals surface area contributed by atoms with Crippen LogP contribution in [0.15, 0.2) is 18.2 Å². The van der Waals surface area contributed by atoms with Gasteiger partial charge in [-0.3, -0.25) is 0 Å². The molecule has 0 aromatic heterocycles. The monoisotopic (exact) mass is 335 g/mol. The van der Waals surface area contributed by atoms with Gasteiger partial charge in [-0.1, -0.05) is 18.9 Å². The van der Waals surface area contributed by atoms with Gasteiger partial charge in [0.2, 0.25) is 10.0 Å². The van der Waals surface area contributed by atoms with E-state index in [0.717, 1.165) is 25.0 Å². The SMILES string of the molecule is COc1ccc2c(c1)[C@@]13CCCC[C@H]1[C@@H](C2)N(S(C)(=O)=O)CC3. The van der Waals surface area contributed by atoms with Crippen LogP contribution in [0, 0.1) is 5.92 Å². The van der Waals surface area contributed by atoms with Crippen molar-refractivity contribution in [2.24, 2.45) is 5.92 Å². The normalized spacial score (nSPS) is 33.7. The molecular formula is C18H25NO3S. The maximum Gasteiger partial charge on any atom is 0.211 e. The number of rotatable bonds is 2. The van der Waals surface area contributed by atoms with Gasteiger partial charge in [-0.25, -0.2) is 8.42 Å². The molecule has 0 unspecified atom stereocenters. The molecule has 0 amide bonds. The second-order valence-corrected chi connectivity index (χ2v) is 9.36. The molecule has 2 fully saturated rings.